The number of hydrogen-bond acceptors (Lipinski definition) is 7. The van der Waals surface area contributed by atoms with Gasteiger partial charge in [-0.15, -0.1) is 0 Å². The Labute approximate surface area is 262 Å². The van der Waals surface area contributed by atoms with Crippen molar-refractivity contribution in [1.29, 1.82) is 0 Å². The highest BCUT2D eigenvalue weighted by atomic mass is 35.5. The van der Waals surface area contributed by atoms with Crippen molar-refractivity contribution in [3.05, 3.63) is 66.0 Å². The highest BCUT2D eigenvalue weighted by molar-refractivity contribution is 6.36. The Bertz CT molecular complexity index is 1890. The number of pyridine rings is 1. The molecule has 0 bridgehead atoms. The standard InChI is InChI=1S/C33H30ClF3N6O2/c1-2-26(44)42-10-7-24-25(42)16-43(24)31-20-11-23(36)28(21-14-38-13-18-5-3-6-22(34)27(18)21)29(37)30(20)39-32(40-31)45-17-33-8-4-9-41(33)15-19(35)12-33/h2-3,5-6,11,13-14,19,24-25H,1,4,7-10,12,15-17H2/t19-,24-,25-,33+/m1/s1. The van der Waals surface area contributed by atoms with E-state index >= 15 is 8.78 Å². The largest absolute Gasteiger partial charge is 0.461 e. The molecule has 4 aliphatic heterocycles. The van der Waals surface area contributed by atoms with Gasteiger partial charge in [-0.3, -0.25) is 14.7 Å². The van der Waals surface area contributed by atoms with E-state index in [1.165, 1.54) is 18.3 Å². The molecule has 2 aromatic heterocycles. The Morgan fingerprint density at radius 1 is 1.18 bits per heavy atom. The molecule has 0 aliphatic carbocycles. The van der Waals surface area contributed by atoms with Gasteiger partial charge >= 0.3 is 6.01 Å². The van der Waals surface area contributed by atoms with Crippen LogP contribution in [0.5, 0.6) is 6.01 Å². The number of likely N-dealkylation sites (tertiary alicyclic amines) is 1. The molecule has 8 nitrogen and oxygen atoms in total. The van der Waals surface area contributed by atoms with Crippen LogP contribution >= 0.6 is 11.6 Å². The second kappa shape index (κ2) is 10.6. The zero-order valence-corrected chi connectivity index (χ0v) is 25.1. The van der Waals surface area contributed by atoms with Gasteiger partial charge in [0.1, 0.15) is 29.9 Å². The quantitative estimate of drug-likeness (QED) is 0.252. The molecule has 4 atom stereocenters. The van der Waals surface area contributed by atoms with Crippen LogP contribution in [-0.2, 0) is 4.79 Å². The summed E-state index contributed by atoms with van der Waals surface area (Å²) in [6.07, 6.45) is 6.10. The minimum Gasteiger partial charge on any atom is -0.461 e. The lowest BCUT2D eigenvalue weighted by Crippen LogP contribution is -2.63. The van der Waals surface area contributed by atoms with Crippen LogP contribution in [0.2, 0.25) is 5.02 Å². The molecule has 1 amide bonds. The molecule has 8 rings (SSSR count). The van der Waals surface area contributed by atoms with Gasteiger partial charge in [-0.1, -0.05) is 30.3 Å². The highest BCUT2D eigenvalue weighted by Gasteiger charge is 2.51. The molecule has 0 saturated carbocycles. The van der Waals surface area contributed by atoms with Crippen LogP contribution in [0.25, 0.3) is 32.8 Å². The second-order valence-electron chi connectivity index (χ2n) is 12.5. The number of hydrogen-bond donors (Lipinski definition) is 0. The second-order valence-corrected chi connectivity index (χ2v) is 12.9. The molecule has 6 heterocycles. The fourth-order valence-corrected chi connectivity index (χ4v) is 8.25. The van der Waals surface area contributed by atoms with Crippen LogP contribution < -0.4 is 9.64 Å². The minimum atomic E-state index is -0.937. The van der Waals surface area contributed by atoms with E-state index in [0.717, 1.165) is 19.4 Å². The van der Waals surface area contributed by atoms with Gasteiger partial charge in [-0.2, -0.15) is 9.97 Å². The van der Waals surface area contributed by atoms with Crippen molar-refractivity contribution < 1.29 is 22.7 Å². The number of nitrogens with zero attached hydrogens (tertiary/aromatic N) is 6. The van der Waals surface area contributed by atoms with Crippen molar-refractivity contribution in [2.45, 2.75) is 49.5 Å². The van der Waals surface area contributed by atoms with Gasteiger partial charge in [0.25, 0.3) is 0 Å². The molecule has 12 heteroatoms. The number of aromatic nitrogens is 3. The van der Waals surface area contributed by atoms with Gasteiger partial charge in [-0.05, 0) is 44.0 Å². The van der Waals surface area contributed by atoms with E-state index in [9.17, 15) is 9.18 Å². The molecule has 0 spiro atoms. The predicted molar refractivity (Wildman–Crippen MR) is 165 cm³/mol. The summed E-state index contributed by atoms with van der Waals surface area (Å²) in [5, 5.41) is 1.65. The van der Waals surface area contributed by atoms with Crippen molar-refractivity contribution in [3.8, 4) is 17.1 Å². The summed E-state index contributed by atoms with van der Waals surface area (Å²) in [4.78, 5) is 31.7. The fourth-order valence-electron chi connectivity index (χ4n) is 7.97. The van der Waals surface area contributed by atoms with Gasteiger partial charge in [0.2, 0.25) is 5.91 Å². The number of alkyl halides is 1. The smallest absolute Gasteiger partial charge is 0.319 e. The number of benzene rings is 2. The van der Waals surface area contributed by atoms with Gasteiger partial charge < -0.3 is 14.5 Å². The first-order valence-corrected chi connectivity index (χ1v) is 15.6. The maximum Gasteiger partial charge on any atom is 0.319 e. The van der Waals surface area contributed by atoms with E-state index in [0.29, 0.717) is 54.1 Å². The number of fused-ring (bicyclic) bond motifs is 4. The molecule has 0 N–H and O–H groups in total. The Hall–Kier alpha value is -3.96. The van der Waals surface area contributed by atoms with E-state index in [1.54, 1.807) is 29.3 Å². The lowest BCUT2D eigenvalue weighted by Gasteiger charge is -2.47. The summed E-state index contributed by atoms with van der Waals surface area (Å²) >= 11 is 6.52. The predicted octanol–water partition coefficient (Wildman–Crippen LogP) is 5.71. The van der Waals surface area contributed by atoms with Gasteiger partial charge in [0, 0.05) is 65.2 Å². The van der Waals surface area contributed by atoms with Crippen LogP contribution in [-0.4, -0.2) is 87.2 Å². The van der Waals surface area contributed by atoms with Crippen molar-refractivity contribution in [2.75, 3.05) is 37.7 Å². The number of ether oxygens (including phenoxy) is 1. The summed E-state index contributed by atoms with van der Waals surface area (Å²) in [5.74, 6) is -1.51. The van der Waals surface area contributed by atoms with Crippen molar-refractivity contribution in [3.63, 3.8) is 0 Å². The Kier molecular flexibility index (Phi) is 6.69. The first-order chi connectivity index (χ1) is 21.8. The summed E-state index contributed by atoms with van der Waals surface area (Å²) in [5.41, 5.74) is -0.664. The highest BCUT2D eigenvalue weighted by Crippen LogP contribution is 2.44. The maximum absolute atomic E-state index is 16.7. The van der Waals surface area contributed by atoms with Gasteiger partial charge in [-0.25, -0.2) is 13.2 Å². The van der Waals surface area contributed by atoms with Crippen molar-refractivity contribution in [1.82, 2.24) is 24.8 Å². The normalized spacial score (nSPS) is 25.9. The number of rotatable bonds is 6. The van der Waals surface area contributed by atoms with Crippen LogP contribution in [0.15, 0.2) is 49.3 Å². The number of amides is 1. The lowest BCUT2D eigenvalue weighted by atomic mass is 9.95. The van der Waals surface area contributed by atoms with E-state index in [1.807, 2.05) is 4.90 Å². The molecule has 4 aromatic rings. The number of carbonyl (C=O) groups is 1. The van der Waals surface area contributed by atoms with Crippen LogP contribution in [0.3, 0.4) is 0 Å². The number of carbonyl (C=O) groups excluding carboxylic acids is 1. The molecule has 45 heavy (non-hydrogen) atoms. The third-order valence-corrected chi connectivity index (χ3v) is 10.4. The molecule has 4 fully saturated rings. The molecule has 0 radical (unpaired) electrons. The zero-order valence-electron chi connectivity index (χ0n) is 24.4. The average Bonchev–Trinajstić information content (AvgIpc) is 3.65. The zero-order chi connectivity index (χ0) is 31.0. The molecular formula is C33H30ClF3N6O2. The van der Waals surface area contributed by atoms with Crippen molar-refractivity contribution >= 4 is 45.0 Å². The van der Waals surface area contributed by atoms with Gasteiger partial charge in [0.05, 0.1) is 23.2 Å². The molecule has 4 saturated heterocycles. The first-order valence-electron chi connectivity index (χ1n) is 15.2. The lowest BCUT2D eigenvalue weighted by molar-refractivity contribution is -0.127. The van der Waals surface area contributed by atoms with Crippen LogP contribution in [0.1, 0.15) is 25.7 Å². The SMILES string of the molecule is C=CC(=O)N1CC[C@@H]2[C@H]1CN2c1nc(OC[C@@]23CCCN2C[C@H](F)C3)nc2c(F)c(-c3cncc4cccc(Cl)c34)c(F)cc12. The molecule has 2 aromatic carbocycles. The number of halogens is 4. The van der Waals surface area contributed by atoms with E-state index in [2.05, 4.69) is 21.4 Å². The monoisotopic (exact) mass is 634 g/mol. The van der Waals surface area contributed by atoms with Crippen LogP contribution in [0, 0.1) is 11.6 Å². The van der Waals surface area contributed by atoms with Crippen molar-refractivity contribution in [2.24, 2.45) is 0 Å². The Morgan fingerprint density at radius 2 is 2.04 bits per heavy atom. The molecule has 4 aliphatic rings. The Balaban J connectivity index is 1.25. The van der Waals surface area contributed by atoms with Gasteiger partial charge in [0.15, 0.2) is 5.82 Å². The summed E-state index contributed by atoms with van der Waals surface area (Å²) in [7, 11) is 0. The topological polar surface area (TPSA) is 74.7 Å². The Morgan fingerprint density at radius 3 is 2.89 bits per heavy atom. The fraction of sp³-hybridized carbons (Fsp3) is 0.394. The van der Waals surface area contributed by atoms with E-state index in [4.69, 9.17) is 21.3 Å². The van der Waals surface area contributed by atoms with E-state index < -0.39 is 23.3 Å². The van der Waals surface area contributed by atoms with Crippen LogP contribution in [0.4, 0.5) is 19.0 Å². The minimum absolute atomic E-state index is 0.0614. The molecular weight excluding hydrogens is 605 g/mol. The summed E-state index contributed by atoms with van der Waals surface area (Å²) in [6.45, 7) is 5.91. The number of anilines is 1. The van der Waals surface area contributed by atoms with E-state index in [-0.39, 0.29) is 52.6 Å². The third-order valence-electron chi connectivity index (χ3n) is 10.1. The molecule has 232 valence electrons. The average molecular weight is 635 g/mol. The summed E-state index contributed by atoms with van der Waals surface area (Å²) in [6, 6.07) is 6.23. The maximum atomic E-state index is 16.7. The third kappa shape index (κ3) is 4.38. The first kappa shape index (κ1) is 28.5. The molecule has 0 unspecified atom stereocenters. The summed E-state index contributed by atoms with van der Waals surface area (Å²) < 4.78 is 53.4.